The molecule has 1 aliphatic heterocycles. The summed E-state index contributed by atoms with van der Waals surface area (Å²) in [6.07, 6.45) is 0. The molecule has 1 N–H and O–H groups in total. The molecule has 1 unspecified atom stereocenters. The van der Waals surface area contributed by atoms with Gasteiger partial charge in [-0.15, -0.1) is 0 Å². The van der Waals surface area contributed by atoms with E-state index in [4.69, 9.17) is 18.9 Å². The van der Waals surface area contributed by atoms with Crippen LogP contribution in [0.4, 0.5) is 0 Å². The van der Waals surface area contributed by atoms with Crippen molar-refractivity contribution < 1.29 is 33.6 Å². The predicted molar refractivity (Wildman–Crippen MR) is 133 cm³/mol. The number of hydrogen-bond donors (Lipinski definition) is 1. The van der Waals surface area contributed by atoms with Gasteiger partial charge >= 0.3 is 0 Å². The first-order valence-corrected chi connectivity index (χ1v) is 11.2. The van der Waals surface area contributed by atoms with Gasteiger partial charge in [0.25, 0.3) is 11.7 Å². The van der Waals surface area contributed by atoms with Crippen molar-refractivity contribution in [2.24, 2.45) is 0 Å². The molecule has 0 aromatic heterocycles. The highest BCUT2D eigenvalue weighted by atomic mass is 16.5. The second-order valence-corrected chi connectivity index (χ2v) is 8.12. The van der Waals surface area contributed by atoms with Crippen LogP contribution < -0.4 is 18.9 Å². The van der Waals surface area contributed by atoms with E-state index in [1.807, 2.05) is 0 Å². The van der Waals surface area contributed by atoms with Gasteiger partial charge in [0.15, 0.2) is 11.5 Å². The molecule has 3 aromatic carbocycles. The van der Waals surface area contributed by atoms with Gasteiger partial charge in [0.2, 0.25) is 0 Å². The van der Waals surface area contributed by atoms with Crippen LogP contribution in [0.15, 0.2) is 72.3 Å². The zero-order chi connectivity index (χ0) is 25.8. The molecule has 36 heavy (non-hydrogen) atoms. The summed E-state index contributed by atoms with van der Waals surface area (Å²) in [5, 5.41) is 11.2. The molecule has 0 saturated carbocycles. The van der Waals surface area contributed by atoms with E-state index in [9.17, 15) is 14.7 Å². The third-order valence-electron chi connectivity index (χ3n) is 6.14. The number of rotatable bonds is 8. The molecule has 0 aliphatic carbocycles. The van der Waals surface area contributed by atoms with Crippen molar-refractivity contribution in [3.05, 3.63) is 89.0 Å². The van der Waals surface area contributed by atoms with Crippen LogP contribution in [-0.4, -0.2) is 50.1 Å². The Hall–Kier alpha value is -4.46. The summed E-state index contributed by atoms with van der Waals surface area (Å²) >= 11 is 0. The van der Waals surface area contributed by atoms with Crippen molar-refractivity contribution in [2.45, 2.75) is 12.6 Å². The highest BCUT2D eigenvalue weighted by molar-refractivity contribution is 6.46. The van der Waals surface area contributed by atoms with Crippen molar-refractivity contribution in [2.75, 3.05) is 28.4 Å². The molecule has 3 aromatic rings. The van der Waals surface area contributed by atoms with Crippen LogP contribution in [0.3, 0.4) is 0 Å². The smallest absolute Gasteiger partial charge is 0.295 e. The fourth-order valence-corrected chi connectivity index (χ4v) is 4.26. The monoisotopic (exact) mass is 489 g/mol. The average molecular weight is 490 g/mol. The van der Waals surface area contributed by atoms with Crippen molar-refractivity contribution in [3.63, 3.8) is 0 Å². The van der Waals surface area contributed by atoms with Gasteiger partial charge in [0, 0.05) is 12.1 Å². The van der Waals surface area contributed by atoms with Crippen molar-refractivity contribution in [3.8, 4) is 23.0 Å². The van der Waals surface area contributed by atoms with E-state index in [1.165, 1.54) is 19.1 Å². The summed E-state index contributed by atoms with van der Waals surface area (Å²) < 4.78 is 21.1. The quantitative estimate of drug-likeness (QED) is 0.286. The molecule has 1 heterocycles. The van der Waals surface area contributed by atoms with E-state index >= 15 is 0 Å². The SMILES string of the molecule is COc1ccc(/C(O)=C2\C(=O)C(=O)N(Cc3ccc(OC)c(OC)c3)C2c2ccc(OC)cc2)cc1. The predicted octanol–water partition coefficient (Wildman–Crippen LogP) is 4.34. The van der Waals surface area contributed by atoms with Crippen LogP contribution in [0.2, 0.25) is 0 Å². The number of aliphatic hydroxyl groups is 1. The third kappa shape index (κ3) is 4.57. The van der Waals surface area contributed by atoms with Gasteiger partial charge < -0.3 is 29.0 Å². The zero-order valence-corrected chi connectivity index (χ0v) is 20.5. The molecule has 1 atom stereocenters. The van der Waals surface area contributed by atoms with E-state index in [-0.39, 0.29) is 17.9 Å². The molecule has 1 amide bonds. The number of ketones is 1. The number of methoxy groups -OCH3 is 4. The number of benzene rings is 3. The minimum atomic E-state index is -0.814. The Morgan fingerprint density at radius 3 is 1.92 bits per heavy atom. The number of amides is 1. The standard InChI is InChI=1S/C28H27NO7/c1-33-20-10-6-18(7-11-20)25-24(26(30)19-8-12-21(34-2)13-9-19)27(31)28(32)29(25)16-17-5-14-22(35-3)23(15-17)36-4/h5-15,25,30H,16H2,1-4H3/b26-24+. The number of likely N-dealkylation sites (tertiary alicyclic amines) is 1. The lowest BCUT2D eigenvalue weighted by Crippen LogP contribution is -2.29. The fourth-order valence-electron chi connectivity index (χ4n) is 4.26. The normalized spacial score (nSPS) is 16.7. The largest absolute Gasteiger partial charge is 0.507 e. The molecule has 0 spiro atoms. The number of ether oxygens (including phenoxy) is 4. The number of carbonyl (C=O) groups is 2. The maximum atomic E-state index is 13.3. The molecule has 4 rings (SSSR count). The van der Waals surface area contributed by atoms with Crippen LogP contribution in [0.5, 0.6) is 23.0 Å². The van der Waals surface area contributed by atoms with Gasteiger partial charge in [-0.3, -0.25) is 9.59 Å². The van der Waals surface area contributed by atoms with Crippen molar-refractivity contribution >= 4 is 17.4 Å². The Morgan fingerprint density at radius 1 is 0.778 bits per heavy atom. The van der Waals surface area contributed by atoms with Crippen LogP contribution >= 0.6 is 0 Å². The first-order chi connectivity index (χ1) is 17.4. The summed E-state index contributed by atoms with van der Waals surface area (Å²) in [5.74, 6) is 0.565. The molecule has 186 valence electrons. The molecular formula is C28H27NO7. The lowest BCUT2D eigenvalue weighted by molar-refractivity contribution is -0.140. The van der Waals surface area contributed by atoms with Crippen LogP contribution in [-0.2, 0) is 16.1 Å². The highest BCUT2D eigenvalue weighted by Gasteiger charge is 2.46. The van der Waals surface area contributed by atoms with Gasteiger partial charge in [-0.25, -0.2) is 0 Å². The molecule has 0 bridgehead atoms. The molecule has 8 nitrogen and oxygen atoms in total. The third-order valence-corrected chi connectivity index (χ3v) is 6.14. The second-order valence-electron chi connectivity index (χ2n) is 8.12. The molecule has 8 heteroatoms. The van der Waals surface area contributed by atoms with Gasteiger partial charge in [0.05, 0.1) is 40.1 Å². The maximum absolute atomic E-state index is 13.3. The Morgan fingerprint density at radius 2 is 1.36 bits per heavy atom. The minimum absolute atomic E-state index is 0.0100. The summed E-state index contributed by atoms with van der Waals surface area (Å²) in [6.45, 7) is 0.112. The number of aliphatic hydroxyl groups excluding tert-OH is 1. The first-order valence-electron chi connectivity index (χ1n) is 11.2. The summed E-state index contributed by atoms with van der Waals surface area (Å²) in [6, 6.07) is 18.2. The van der Waals surface area contributed by atoms with Gasteiger partial charge in [-0.05, 0) is 59.7 Å². The Labute approximate surface area is 209 Å². The Bertz CT molecular complexity index is 1300. The number of Topliss-reactive ketones (excluding diaryl/α,β-unsaturated/α-hetero) is 1. The minimum Gasteiger partial charge on any atom is -0.507 e. The molecule has 1 fully saturated rings. The lowest BCUT2D eigenvalue weighted by Gasteiger charge is -2.26. The van der Waals surface area contributed by atoms with E-state index in [1.54, 1.807) is 80.9 Å². The number of nitrogens with zero attached hydrogens (tertiary/aromatic N) is 1. The lowest BCUT2D eigenvalue weighted by atomic mass is 9.95. The molecule has 0 radical (unpaired) electrons. The van der Waals surface area contributed by atoms with Crippen LogP contribution in [0, 0.1) is 0 Å². The number of carbonyl (C=O) groups excluding carboxylic acids is 2. The van der Waals surface area contributed by atoms with Gasteiger partial charge in [0.1, 0.15) is 17.3 Å². The first kappa shape index (κ1) is 24.7. The summed E-state index contributed by atoms with van der Waals surface area (Å²) in [5.41, 5.74) is 1.80. The average Bonchev–Trinajstić information content (AvgIpc) is 3.17. The van der Waals surface area contributed by atoms with E-state index in [0.29, 0.717) is 34.1 Å². The van der Waals surface area contributed by atoms with Gasteiger partial charge in [-0.1, -0.05) is 18.2 Å². The topological polar surface area (TPSA) is 94.5 Å². The molecule has 1 saturated heterocycles. The molecule has 1 aliphatic rings. The zero-order valence-electron chi connectivity index (χ0n) is 20.5. The van der Waals surface area contributed by atoms with E-state index in [2.05, 4.69) is 0 Å². The van der Waals surface area contributed by atoms with Crippen LogP contribution in [0.25, 0.3) is 5.76 Å². The number of hydrogen-bond acceptors (Lipinski definition) is 7. The van der Waals surface area contributed by atoms with Crippen molar-refractivity contribution in [1.82, 2.24) is 4.90 Å². The Balaban J connectivity index is 1.82. The summed E-state index contributed by atoms with van der Waals surface area (Å²) in [7, 11) is 6.17. The van der Waals surface area contributed by atoms with Crippen LogP contribution in [0.1, 0.15) is 22.7 Å². The summed E-state index contributed by atoms with van der Waals surface area (Å²) in [4.78, 5) is 28.0. The highest BCUT2D eigenvalue weighted by Crippen LogP contribution is 2.41. The second kappa shape index (κ2) is 10.4. The van der Waals surface area contributed by atoms with E-state index in [0.717, 1.165) is 5.56 Å². The fraction of sp³-hybridized carbons (Fsp3) is 0.214. The maximum Gasteiger partial charge on any atom is 0.295 e. The van der Waals surface area contributed by atoms with Gasteiger partial charge in [-0.2, -0.15) is 0 Å². The van der Waals surface area contributed by atoms with E-state index < -0.39 is 17.7 Å². The Kier molecular flexibility index (Phi) is 7.15. The van der Waals surface area contributed by atoms with Crippen molar-refractivity contribution in [1.29, 1.82) is 0 Å². The molecular weight excluding hydrogens is 462 g/mol.